The van der Waals surface area contributed by atoms with Gasteiger partial charge in [0.05, 0.1) is 25.0 Å². The first-order valence-electron chi connectivity index (χ1n) is 6.18. The van der Waals surface area contributed by atoms with E-state index in [9.17, 15) is 14.8 Å². The molecule has 1 N–H and O–H groups in total. The van der Waals surface area contributed by atoms with E-state index in [1.807, 2.05) is 0 Å². The number of hydrazine groups is 1. The van der Waals surface area contributed by atoms with Crippen LogP contribution in [0.4, 0.5) is 4.79 Å². The molecule has 0 aliphatic heterocycles. The van der Waals surface area contributed by atoms with Gasteiger partial charge in [-0.3, -0.25) is 9.63 Å². The second-order valence-corrected chi connectivity index (χ2v) is 5.11. The number of rotatable bonds is 7. The van der Waals surface area contributed by atoms with Gasteiger partial charge in [0.1, 0.15) is 5.60 Å². The van der Waals surface area contributed by atoms with E-state index in [-0.39, 0.29) is 17.9 Å². The van der Waals surface area contributed by atoms with Crippen LogP contribution < -0.4 is 0 Å². The molecule has 0 aromatic carbocycles. The lowest BCUT2D eigenvalue weighted by Gasteiger charge is -2.19. The van der Waals surface area contributed by atoms with Crippen LogP contribution in [-0.4, -0.2) is 52.7 Å². The number of carboxylic acids is 1. The number of hydrogen-bond donors (Lipinski definition) is 1. The van der Waals surface area contributed by atoms with E-state index in [2.05, 4.69) is 10.1 Å². The lowest BCUT2D eigenvalue weighted by atomic mass is 10.2. The summed E-state index contributed by atoms with van der Waals surface area (Å²) < 4.78 is 9.58. The third-order valence-corrected chi connectivity index (χ3v) is 1.86. The molecule has 0 saturated carbocycles. The summed E-state index contributed by atoms with van der Waals surface area (Å²) in [5.74, 6) is -1.04. The zero-order valence-electron chi connectivity index (χ0n) is 12.7. The highest BCUT2D eigenvalue weighted by atomic mass is 16.8. The first-order chi connectivity index (χ1) is 9.51. The van der Waals surface area contributed by atoms with Crippen molar-refractivity contribution in [1.82, 2.24) is 5.01 Å². The summed E-state index contributed by atoms with van der Waals surface area (Å²) in [6.45, 7) is 6.30. The van der Waals surface area contributed by atoms with E-state index in [0.29, 0.717) is 0 Å². The van der Waals surface area contributed by atoms with Crippen molar-refractivity contribution in [1.29, 1.82) is 0 Å². The fourth-order valence-electron chi connectivity index (χ4n) is 0.943. The topological polar surface area (TPSA) is 124 Å². The van der Waals surface area contributed by atoms with Crippen molar-refractivity contribution < 1.29 is 34.0 Å². The van der Waals surface area contributed by atoms with Crippen LogP contribution in [0.2, 0.25) is 0 Å². The van der Waals surface area contributed by atoms with E-state index >= 15 is 0 Å². The van der Waals surface area contributed by atoms with Crippen molar-refractivity contribution in [3.8, 4) is 0 Å². The quantitative estimate of drug-likeness (QED) is 0.247. The molecule has 0 aliphatic carbocycles. The Morgan fingerprint density at radius 2 is 2.00 bits per heavy atom. The summed E-state index contributed by atoms with van der Waals surface area (Å²) in [4.78, 5) is 26.3. The molecule has 0 heterocycles. The van der Waals surface area contributed by atoms with Crippen LogP contribution in [-0.2, 0) is 19.1 Å². The highest BCUT2D eigenvalue weighted by Gasteiger charge is 2.20. The third kappa shape index (κ3) is 10.2. The Morgan fingerprint density at radius 3 is 2.48 bits per heavy atom. The van der Waals surface area contributed by atoms with Crippen molar-refractivity contribution in [2.45, 2.75) is 46.0 Å². The second kappa shape index (κ2) is 8.12. The van der Waals surface area contributed by atoms with E-state index < -0.39 is 24.0 Å². The Kier molecular flexibility index (Phi) is 7.25. The number of ether oxygens (including phenoxy) is 2. The van der Waals surface area contributed by atoms with E-state index in [1.54, 1.807) is 20.8 Å². The van der Waals surface area contributed by atoms with Crippen LogP contribution in [0, 0.1) is 5.21 Å². The maximum Gasteiger partial charge on any atom is 0.511 e. The largest absolute Gasteiger partial charge is 0.569 e. The molecule has 0 bridgehead atoms. The summed E-state index contributed by atoms with van der Waals surface area (Å²) in [6, 6.07) is 0. The summed E-state index contributed by atoms with van der Waals surface area (Å²) in [5.41, 5.74) is -0.713. The molecule has 0 aromatic heterocycles. The van der Waals surface area contributed by atoms with Gasteiger partial charge in [-0.05, 0) is 20.8 Å². The Balaban J connectivity index is 4.20. The summed E-state index contributed by atoms with van der Waals surface area (Å²) in [7, 11) is 1.34. The standard InChI is InChI=1S/C11H21N3O7/c1-8(19-10(17)20-11(2,3)4)21-12-14(18)13(5)7-6-9(15)16/h8H,6-7H2,1-5H3,(H,15,16)/b14-12-. The molecule has 10 nitrogen and oxygen atoms in total. The van der Waals surface area contributed by atoms with Crippen molar-refractivity contribution in [2.75, 3.05) is 13.6 Å². The van der Waals surface area contributed by atoms with Gasteiger partial charge >= 0.3 is 12.1 Å². The third-order valence-electron chi connectivity index (χ3n) is 1.86. The van der Waals surface area contributed by atoms with Crippen LogP contribution in [0.25, 0.3) is 0 Å². The molecule has 0 spiro atoms. The Bertz CT molecular complexity index is 392. The van der Waals surface area contributed by atoms with Crippen LogP contribution in [0.3, 0.4) is 0 Å². The zero-order valence-corrected chi connectivity index (χ0v) is 12.7. The van der Waals surface area contributed by atoms with Crippen molar-refractivity contribution in [2.24, 2.45) is 5.28 Å². The van der Waals surface area contributed by atoms with Gasteiger partial charge in [-0.1, -0.05) is 0 Å². The second-order valence-electron chi connectivity index (χ2n) is 5.11. The molecule has 0 rings (SSSR count). The lowest BCUT2D eigenvalue weighted by molar-refractivity contribution is -0.707. The fourth-order valence-corrected chi connectivity index (χ4v) is 0.943. The normalized spacial score (nSPS) is 13.3. The molecule has 1 unspecified atom stereocenters. The van der Waals surface area contributed by atoms with Crippen LogP contribution in [0.5, 0.6) is 0 Å². The summed E-state index contributed by atoms with van der Waals surface area (Å²) >= 11 is 0. The Labute approximate surface area is 122 Å². The van der Waals surface area contributed by atoms with Crippen molar-refractivity contribution in [3.05, 3.63) is 5.21 Å². The molecule has 0 aromatic rings. The zero-order chi connectivity index (χ0) is 16.6. The molecule has 0 radical (unpaired) electrons. The fraction of sp³-hybridized carbons (Fsp3) is 0.818. The summed E-state index contributed by atoms with van der Waals surface area (Å²) in [6.07, 6.45) is -2.32. The van der Waals surface area contributed by atoms with Gasteiger partial charge in [-0.2, -0.15) is 0 Å². The minimum atomic E-state index is -1.14. The van der Waals surface area contributed by atoms with Gasteiger partial charge in [0.25, 0.3) is 6.29 Å². The molecule has 0 aliphatic rings. The van der Waals surface area contributed by atoms with Crippen LogP contribution in [0.1, 0.15) is 34.1 Å². The molecule has 0 amide bonds. The molecular formula is C11H21N3O7. The van der Waals surface area contributed by atoms with E-state index in [1.165, 1.54) is 14.0 Å². The first kappa shape index (κ1) is 18.7. The molecule has 122 valence electrons. The molecule has 10 heteroatoms. The number of aliphatic carboxylic acids is 1. The van der Waals surface area contributed by atoms with E-state index in [0.717, 1.165) is 5.01 Å². The molecule has 1 atom stereocenters. The predicted molar refractivity (Wildman–Crippen MR) is 68.8 cm³/mol. The smallest absolute Gasteiger partial charge is 0.511 e. The van der Waals surface area contributed by atoms with Gasteiger partial charge in [0.2, 0.25) is 5.28 Å². The van der Waals surface area contributed by atoms with Gasteiger partial charge in [0.15, 0.2) is 0 Å². The lowest BCUT2D eigenvalue weighted by Crippen LogP contribution is -2.30. The molecule has 21 heavy (non-hydrogen) atoms. The minimum Gasteiger partial charge on any atom is -0.569 e. The highest BCUT2D eigenvalue weighted by Crippen LogP contribution is 2.09. The van der Waals surface area contributed by atoms with Crippen LogP contribution >= 0.6 is 0 Å². The first-order valence-corrected chi connectivity index (χ1v) is 6.18. The molecular weight excluding hydrogens is 286 g/mol. The number of hydrogen-bond acceptors (Lipinski definition) is 7. The average Bonchev–Trinajstić information content (AvgIpc) is 2.30. The molecule has 0 fully saturated rings. The Morgan fingerprint density at radius 1 is 1.43 bits per heavy atom. The van der Waals surface area contributed by atoms with Crippen LogP contribution in [0.15, 0.2) is 5.28 Å². The molecule has 0 saturated heterocycles. The monoisotopic (exact) mass is 307 g/mol. The Hall–Kier alpha value is -2.26. The maximum atomic E-state index is 11.4. The van der Waals surface area contributed by atoms with Gasteiger partial charge in [0, 0.05) is 6.92 Å². The number of nitrogens with zero attached hydrogens (tertiary/aromatic N) is 3. The number of carbonyl (C=O) groups is 2. The maximum absolute atomic E-state index is 11.4. The summed E-state index contributed by atoms with van der Waals surface area (Å²) in [5, 5.41) is 23.9. The van der Waals surface area contributed by atoms with Gasteiger partial charge in [-0.15, -0.1) is 5.01 Å². The van der Waals surface area contributed by atoms with Crippen molar-refractivity contribution in [3.63, 3.8) is 0 Å². The SMILES string of the molecule is CC(O/N=[N+](\[O-])N(C)CCC(=O)O)OC(=O)OC(C)(C)C. The average molecular weight is 307 g/mol. The van der Waals surface area contributed by atoms with Crippen molar-refractivity contribution >= 4 is 12.1 Å². The number of carbonyl (C=O) groups excluding carboxylic acids is 1. The predicted octanol–water partition coefficient (Wildman–Crippen LogP) is 1.50. The van der Waals surface area contributed by atoms with Gasteiger partial charge in [-0.25, -0.2) is 4.79 Å². The number of carboxylic acid groups (broad SMARTS) is 1. The highest BCUT2D eigenvalue weighted by molar-refractivity contribution is 5.66. The minimum absolute atomic E-state index is 0.0486. The van der Waals surface area contributed by atoms with Gasteiger partial charge < -0.3 is 19.8 Å². The van der Waals surface area contributed by atoms with E-state index in [4.69, 9.17) is 14.6 Å².